The lowest BCUT2D eigenvalue weighted by atomic mass is 10.0. The second-order valence-electron chi connectivity index (χ2n) is 4.35. The van der Waals surface area contributed by atoms with Crippen molar-refractivity contribution in [3.8, 4) is 0 Å². The first-order chi connectivity index (χ1) is 5.43. The third-order valence-corrected chi connectivity index (χ3v) is 2.33. The molecule has 0 aliphatic heterocycles. The maximum absolute atomic E-state index is 8.90. The number of β-amino-alcohol motifs (C(OH)–C–C–N with tert-alkyl or cyclic N) is 1. The van der Waals surface area contributed by atoms with Crippen molar-refractivity contribution in [3.63, 3.8) is 0 Å². The van der Waals surface area contributed by atoms with Crippen LogP contribution >= 0.6 is 0 Å². The molecule has 12 heavy (non-hydrogen) atoms. The van der Waals surface area contributed by atoms with Crippen LogP contribution in [-0.4, -0.2) is 34.7 Å². The molecule has 0 aromatic heterocycles. The summed E-state index contributed by atoms with van der Waals surface area (Å²) in [6.07, 6.45) is 1.14. The van der Waals surface area contributed by atoms with Crippen molar-refractivity contribution in [1.29, 1.82) is 0 Å². The van der Waals surface area contributed by atoms with Crippen molar-refractivity contribution in [2.24, 2.45) is 0 Å². The van der Waals surface area contributed by atoms with Gasteiger partial charge in [0.2, 0.25) is 0 Å². The SMILES string of the molecule is CCC(C)N(CCO)C(C)(C)C. The summed E-state index contributed by atoms with van der Waals surface area (Å²) in [5.41, 5.74) is 0.165. The molecule has 1 N–H and O–H groups in total. The largest absolute Gasteiger partial charge is 0.395 e. The van der Waals surface area contributed by atoms with E-state index in [1.165, 1.54) is 0 Å². The van der Waals surface area contributed by atoms with Crippen LogP contribution in [0.4, 0.5) is 0 Å². The van der Waals surface area contributed by atoms with Crippen molar-refractivity contribution in [2.75, 3.05) is 13.2 Å². The highest BCUT2D eigenvalue weighted by Gasteiger charge is 2.24. The number of aliphatic hydroxyl groups is 1. The van der Waals surface area contributed by atoms with Crippen LogP contribution in [0.15, 0.2) is 0 Å². The fraction of sp³-hybridized carbons (Fsp3) is 1.00. The Bertz CT molecular complexity index is 117. The van der Waals surface area contributed by atoms with Gasteiger partial charge in [-0.25, -0.2) is 0 Å². The summed E-state index contributed by atoms with van der Waals surface area (Å²) in [4.78, 5) is 2.34. The zero-order valence-electron chi connectivity index (χ0n) is 9.09. The average Bonchev–Trinajstić information content (AvgIpc) is 1.96. The van der Waals surface area contributed by atoms with E-state index in [1.807, 2.05) is 0 Å². The Morgan fingerprint density at radius 2 is 1.83 bits per heavy atom. The van der Waals surface area contributed by atoms with Crippen LogP contribution in [0.25, 0.3) is 0 Å². The summed E-state index contributed by atoms with van der Waals surface area (Å²) >= 11 is 0. The van der Waals surface area contributed by atoms with E-state index in [4.69, 9.17) is 5.11 Å². The zero-order chi connectivity index (χ0) is 9.78. The fourth-order valence-corrected chi connectivity index (χ4v) is 1.55. The molecular weight excluding hydrogens is 150 g/mol. The first kappa shape index (κ1) is 11.9. The van der Waals surface area contributed by atoms with Crippen LogP contribution in [0.5, 0.6) is 0 Å². The van der Waals surface area contributed by atoms with E-state index < -0.39 is 0 Å². The highest BCUT2D eigenvalue weighted by atomic mass is 16.3. The van der Waals surface area contributed by atoms with Crippen LogP contribution in [0, 0.1) is 0 Å². The summed E-state index contributed by atoms with van der Waals surface area (Å²) in [6, 6.07) is 0.553. The van der Waals surface area contributed by atoms with E-state index in [9.17, 15) is 0 Å². The third-order valence-electron chi connectivity index (χ3n) is 2.33. The molecule has 2 heteroatoms. The quantitative estimate of drug-likeness (QED) is 0.701. The lowest BCUT2D eigenvalue weighted by Gasteiger charge is -2.39. The predicted molar refractivity (Wildman–Crippen MR) is 53.3 cm³/mol. The van der Waals surface area contributed by atoms with Crippen LogP contribution in [-0.2, 0) is 0 Å². The lowest BCUT2D eigenvalue weighted by Crippen LogP contribution is -2.48. The van der Waals surface area contributed by atoms with Gasteiger partial charge >= 0.3 is 0 Å². The van der Waals surface area contributed by atoms with E-state index >= 15 is 0 Å². The van der Waals surface area contributed by atoms with Gasteiger partial charge in [-0.05, 0) is 34.1 Å². The first-order valence-electron chi connectivity index (χ1n) is 4.81. The van der Waals surface area contributed by atoms with Gasteiger partial charge in [0.25, 0.3) is 0 Å². The van der Waals surface area contributed by atoms with Gasteiger partial charge in [-0.15, -0.1) is 0 Å². The molecule has 0 bridgehead atoms. The van der Waals surface area contributed by atoms with Gasteiger partial charge < -0.3 is 5.11 Å². The monoisotopic (exact) mass is 173 g/mol. The van der Waals surface area contributed by atoms with Crippen LogP contribution < -0.4 is 0 Å². The van der Waals surface area contributed by atoms with E-state index in [0.29, 0.717) is 6.04 Å². The zero-order valence-corrected chi connectivity index (χ0v) is 9.09. The summed E-state index contributed by atoms with van der Waals surface area (Å²) in [5, 5.41) is 8.90. The highest BCUT2D eigenvalue weighted by Crippen LogP contribution is 2.17. The molecule has 0 aromatic rings. The number of hydrogen-bond acceptors (Lipinski definition) is 2. The van der Waals surface area contributed by atoms with Crippen molar-refractivity contribution >= 4 is 0 Å². The summed E-state index contributed by atoms with van der Waals surface area (Å²) < 4.78 is 0. The molecule has 0 amide bonds. The van der Waals surface area contributed by atoms with Crippen molar-refractivity contribution < 1.29 is 5.11 Å². The molecule has 0 aliphatic carbocycles. The molecule has 1 unspecified atom stereocenters. The molecule has 74 valence electrons. The molecule has 2 nitrogen and oxygen atoms in total. The van der Waals surface area contributed by atoms with Gasteiger partial charge in [0.1, 0.15) is 0 Å². The molecule has 0 aromatic carbocycles. The van der Waals surface area contributed by atoms with Gasteiger partial charge in [-0.3, -0.25) is 4.90 Å². The number of aliphatic hydroxyl groups excluding tert-OH is 1. The minimum absolute atomic E-state index is 0.165. The Hall–Kier alpha value is -0.0800. The molecule has 0 heterocycles. The van der Waals surface area contributed by atoms with Gasteiger partial charge in [-0.2, -0.15) is 0 Å². The van der Waals surface area contributed by atoms with Gasteiger partial charge in [-0.1, -0.05) is 6.92 Å². The van der Waals surface area contributed by atoms with E-state index in [1.54, 1.807) is 0 Å². The third kappa shape index (κ3) is 3.55. The van der Waals surface area contributed by atoms with Crippen LogP contribution in [0.1, 0.15) is 41.0 Å². The standard InChI is InChI=1S/C10H23NO/c1-6-9(2)11(7-8-12)10(3,4)5/h9,12H,6-8H2,1-5H3. The van der Waals surface area contributed by atoms with Gasteiger partial charge in [0.15, 0.2) is 0 Å². The maximum Gasteiger partial charge on any atom is 0.0558 e. The smallest absolute Gasteiger partial charge is 0.0558 e. The van der Waals surface area contributed by atoms with E-state index in [0.717, 1.165) is 13.0 Å². The maximum atomic E-state index is 8.90. The average molecular weight is 173 g/mol. The number of rotatable bonds is 4. The molecule has 0 spiro atoms. The second-order valence-corrected chi connectivity index (χ2v) is 4.35. The molecule has 0 saturated carbocycles. The minimum atomic E-state index is 0.165. The molecule has 0 radical (unpaired) electrons. The molecule has 0 saturated heterocycles. The molecule has 0 fully saturated rings. The lowest BCUT2D eigenvalue weighted by molar-refractivity contribution is 0.0660. The first-order valence-corrected chi connectivity index (χ1v) is 4.81. The Morgan fingerprint density at radius 3 is 2.08 bits per heavy atom. The molecule has 0 aliphatic rings. The van der Waals surface area contributed by atoms with E-state index in [2.05, 4.69) is 39.5 Å². The Balaban J connectivity index is 4.22. The molecular formula is C10H23NO. The number of hydrogen-bond donors (Lipinski definition) is 1. The fourth-order valence-electron chi connectivity index (χ4n) is 1.55. The Morgan fingerprint density at radius 1 is 1.33 bits per heavy atom. The molecule has 1 atom stereocenters. The highest BCUT2D eigenvalue weighted by molar-refractivity contribution is 4.79. The Kier molecular flexibility index (Phi) is 4.80. The topological polar surface area (TPSA) is 23.5 Å². The summed E-state index contributed by atoms with van der Waals surface area (Å²) in [5.74, 6) is 0. The second kappa shape index (κ2) is 4.83. The normalized spacial score (nSPS) is 15.2. The van der Waals surface area contributed by atoms with Crippen molar-refractivity contribution in [3.05, 3.63) is 0 Å². The molecule has 0 rings (SSSR count). The van der Waals surface area contributed by atoms with Crippen molar-refractivity contribution in [1.82, 2.24) is 4.90 Å². The predicted octanol–water partition coefficient (Wildman–Crippen LogP) is 1.88. The van der Waals surface area contributed by atoms with E-state index in [-0.39, 0.29) is 12.1 Å². The summed E-state index contributed by atoms with van der Waals surface area (Å²) in [7, 11) is 0. The Labute approximate surface area is 76.6 Å². The van der Waals surface area contributed by atoms with Crippen LogP contribution in [0.2, 0.25) is 0 Å². The van der Waals surface area contributed by atoms with Gasteiger partial charge in [0.05, 0.1) is 6.61 Å². The minimum Gasteiger partial charge on any atom is -0.395 e. The van der Waals surface area contributed by atoms with Crippen molar-refractivity contribution in [2.45, 2.75) is 52.6 Å². The van der Waals surface area contributed by atoms with Crippen LogP contribution in [0.3, 0.4) is 0 Å². The number of nitrogens with zero attached hydrogens (tertiary/aromatic N) is 1. The summed E-state index contributed by atoms with van der Waals surface area (Å²) in [6.45, 7) is 12.0. The van der Waals surface area contributed by atoms with Gasteiger partial charge in [0, 0.05) is 18.1 Å².